The second-order valence-electron chi connectivity index (χ2n) is 5.54. The largest absolute Gasteiger partial charge is 0.573 e. The molecule has 2 unspecified atom stereocenters. The van der Waals surface area contributed by atoms with Crippen LogP contribution in [0.15, 0.2) is 48.5 Å². The standard InChI is InChI=1S/C17H13F4NO2/c18-11-6-7-15(24-17(19,20)21)14(8-11)22-16(23)13-9-12(13)10-4-2-1-3-5-10/h1-8,12-13H,9H2,(H,22,23). The zero-order chi connectivity index (χ0) is 17.3. The van der Waals surface area contributed by atoms with E-state index in [0.717, 1.165) is 23.8 Å². The average molecular weight is 339 g/mol. The van der Waals surface area contributed by atoms with E-state index in [0.29, 0.717) is 6.42 Å². The molecule has 1 aliphatic carbocycles. The van der Waals surface area contributed by atoms with E-state index in [1.165, 1.54) is 0 Å². The lowest BCUT2D eigenvalue weighted by Crippen LogP contribution is -2.20. The first-order chi connectivity index (χ1) is 11.3. The Morgan fingerprint density at radius 1 is 1.12 bits per heavy atom. The van der Waals surface area contributed by atoms with Crippen LogP contribution in [-0.4, -0.2) is 12.3 Å². The van der Waals surface area contributed by atoms with Crippen LogP contribution >= 0.6 is 0 Å². The summed E-state index contributed by atoms with van der Waals surface area (Å²) in [6.45, 7) is 0. The van der Waals surface area contributed by atoms with Gasteiger partial charge < -0.3 is 10.1 Å². The molecule has 0 aromatic heterocycles. The number of carbonyl (C=O) groups is 1. The Kier molecular flexibility index (Phi) is 4.17. The minimum atomic E-state index is -4.93. The second kappa shape index (κ2) is 6.14. The van der Waals surface area contributed by atoms with Crippen LogP contribution in [0.4, 0.5) is 23.2 Å². The minimum absolute atomic E-state index is 0.0201. The van der Waals surface area contributed by atoms with E-state index < -0.39 is 23.8 Å². The molecule has 126 valence electrons. The predicted octanol–water partition coefficient (Wildman–Crippen LogP) is 4.47. The third kappa shape index (κ3) is 3.84. The van der Waals surface area contributed by atoms with Crippen LogP contribution in [0.5, 0.6) is 5.75 Å². The van der Waals surface area contributed by atoms with Gasteiger partial charge in [-0.2, -0.15) is 0 Å². The highest BCUT2D eigenvalue weighted by atomic mass is 19.4. The van der Waals surface area contributed by atoms with Crippen molar-refractivity contribution in [2.75, 3.05) is 5.32 Å². The minimum Gasteiger partial charge on any atom is -0.404 e. The molecule has 24 heavy (non-hydrogen) atoms. The normalized spacial score (nSPS) is 19.7. The molecule has 7 heteroatoms. The summed E-state index contributed by atoms with van der Waals surface area (Å²) in [6.07, 6.45) is -4.33. The summed E-state index contributed by atoms with van der Waals surface area (Å²) in [6, 6.07) is 11.8. The van der Waals surface area contributed by atoms with Crippen molar-refractivity contribution in [2.45, 2.75) is 18.7 Å². The molecule has 3 nitrogen and oxygen atoms in total. The van der Waals surface area contributed by atoms with Gasteiger partial charge in [-0.3, -0.25) is 4.79 Å². The van der Waals surface area contributed by atoms with Crippen LogP contribution in [-0.2, 0) is 4.79 Å². The maximum atomic E-state index is 13.3. The third-order valence-corrected chi connectivity index (χ3v) is 3.78. The molecule has 0 bridgehead atoms. The molecule has 0 spiro atoms. The highest BCUT2D eigenvalue weighted by Gasteiger charge is 2.44. The number of alkyl halides is 3. The van der Waals surface area contributed by atoms with Gasteiger partial charge in [-0.1, -0.05) is 30.3 Å². The molecule has 0 aliphatic heterocycles. The van der Waals surface area contributed by atoms with Crippen LogP contribution in [0.2, 0.25) is 0 Å². The number of carbonyl (C=O) groups excluding carboxylic acids is 1. The maximum absolute atomic E-state index is 13.3. The zero-order valence-corrected chi connectivity index (χ0v) is 12.3. The highest BCUT2D eigenvalue weighted by Crippen LogP contribution is 2.48. The molecule has 1 N–H and O–H groups in total. The monoisotopic (exact) mass is 339 g/mol. The quantitative estimate of drug-likeness (QED) is 0.835. The van der Waals surface area contributed by atoms with Gasteiger partial charge in [0.15, 0.2) is 5.75 Å². The molecule has 2 aromatic carbocycles. The van der Waals surface area contributed by atoms with Gasteiger partial charge in [-0.05, 0) is 30.0 Å². The number of hydrogen-bond acceptors (Lipinski definition) is 2. The number of halogens is 4. The van der Waals surface area contributed by atoms with E-state index in [1.54, 1.807) is 0 Å². The molecule has 1 aliphatic rings. The van der Waals surface area contributed by atoms with Crippen molar-refractivity contribution < 1.29 is 27.1 Å². The number of hydrogen-bond donors (Lipinski definition) is 1. The molecule has 3 rings (SSSR count). The summed E-state index contributed by atoms with van der Waals surface area (Å²) < 4.78 is 54.3. The van der Waals surface area contributed by atoms with Crippen molar-refractivity contribution in [3.8, 4) is 5.75 Å². The first-order valence-corrected chi connectivity index (χ1v) is 7.24. The van der Waals surface area contributed by atoms with Gasteiger partial charge in [0.1, 0.15) is 5.82 Å². The molecule has 1 fully saturated rings. The summed E-state index contributed by atoms with van der Waals surface area (Å²) in [5, 5.41) is 2.33. The molecular formula is C17H13F4NO2. The van der Waals surface area contributed by atoms with E-state index in [9.17, 15) is 22.4 Å². The highest BCUT2D eigenvalue weighted by molar-refractivity contribution is 5.96. The zero-order valence-electron chi connectivity index (χ0n) is 12.3. The summed E-state index contributed by atoms with van der Waals surface area (Å²) in [5.74, 6) is -2.20. The van der Waals surface area contributed by atoms with Gasteiger partial charge in [0.25, 0.3) is 0 Å². The van der Waals surface area contributed by atoms with Crippen molar-refractivity contribution in [3.63, 3.8) is 0 Å². The first-order valence-electron chi connectivity index (χ1n) is 7.24. The number of rotatable bonds is 4. The Balaban J connectivity index is 1.72. The molecule has 2 aromatic rings. The fourth-order valence-corrected chi connectivity index (χ4v) is 2.59. The molecular weight excluding hydrogens is 326 g/mol. The topological polar surface area (TPSA) is 38.3 Å². The Bertz CT molecular complexity index is 746. The predicted molar refractivity (Wildman–Crippen MR) is 79.0 cm³/mol. The van der Waals surface area contributed by atoms with Gasteiger partial charge in [-0.15, -0.1) is 13.2 Å². The maximum Gasteiger partial charge on any atom is 0.573 e. The van der Waals surface area contributed by atoms with Crippen LogP contribution in [0, 0.1) is 11.7 Å². The lowest BCUT2D eigenvalue weighted by atomic mass is 10.1. The Morgan fingerprint density at radius 3 is 2.50 bits per heavy atom. The SMILES string of the molecule is O=C(Nc1cc(F)ccc1OC(F)(F)F)C1CC1c1ccccc1. The average Bonchev–Trinajstić information content (AvgIpc) is 3.30. The van der Waals surface area contributed by atoms with E-state index in [2.05, 4.69) is 10.1 Å². The van der Waals surface area contributed by atoms with E-state index in [1.807, 2.05) is 30.3 Å². The van der Waals surface area contributed by atoms with Crippen LogP contribution < -0.4 is 10.1 Å². The lowest BCUT2D eigenvalue weighted by Gasteiger charge is -2.14. The second-order valence-corrected chi connectivity index (χ2v) is 5.54. The van der Waals surface area contributed by atoms with Crippen LogP contribution in [0.1, 0.15) is 17.9 Å². The Morgan fingerprint density at radius 2 is 1.83 bits per heavy atom. The summed E-state index contributed by atoms with van der Waals surface area (Å²) in [4.78, 5) is 12.2. The van der Waals surface area contributed by atoms with Gasteiger partial charge >= 0.3 is 6.36 Å². The van der Waals surface area contributed by atoms with Gasteiger partial charge in [0, 0.05) is 12.0 Å². The van der Waals surface area contributed by atoms with Gasteiger partial charge in [0.05, 0.1) is 5.69 Å². The summed E-state index contributed by atoms with van der Waals surface area (Å²) in [5.41, 5.74) is 0.652. The van der Waals surface area contributed by atoms with Crippen molar-refractivity contribution in [1.82, 2.24) is 0 Å². The van der Waals surface area contributed by atoms with Crippen molar-refractivity contribution in [2.24, 2.45) is 5.92 Å². The Labute approximate surface area is 135 Å². The molecule has 2 atom stereocenters. The smallest absolute Gasteiger partial charge is 0.404 e. The number of nitrogens with one attached hydrogen (secondary N) is 1. The van der Waals surface area contributed by atoms with Gasteiger partial charge in [-0.25, -0.2) is 4.39 Å². The molecule has 1 amide bonds. The summed E-state index contributed by atoms with van der Waals surface area (Å²) in [7, 11) is 0. The van der Waals surface area contributed by atoms with Crippen molar-refractivity contribution in [1.29, 1.82) is 0 Å². The fourth-order valence-electron chi connectivity index (χ4n) is 2.59. The first kappa shape index (κ1) is 16.3. The number of ether oxygens (including phenoxy) is 1. The number of benzene rings is 2. The van der Waals surface area contributed by atoms with E-state index in [-0.39, 0.29) is 17.5 Å². The van der Waals surface area contributed by atoms with E-state index >= 15 is 0 Å². The Hall–Kier alpha value is -2.57. The van der Waals surface area contributed by atoms with E-state index in [4.69, 9.17) is 0 Å². The number of anilines is 1. The number of amides is 1. The third-order valence-electron chi connectivity index (χ3n) is 3.78. The van der Waals surface area contributed by atoms with Crippen LogP contribution in [0.25, 0.3) is 0 Å². The van der Waals surface area contributed by atoms with Gasteiger partial charge in [0.2, 0.25) is 5.91 Å². The molecule has 0 heterocycles. The molecule has 0 radical (unpaired) electrons. The molecule has 0 saturated heterocycles. The van der Waals surface area contributed by atoms with Crippen molar-refractivity contribution in [3.05, 3.63) is 59.9 Å². The van der Waals surface area contributed by atoms with Crippen molar-refractivity contribution >= 4 is 11.6 Å². The fraction of sp³-hybridized carbons (Fsp3) is 0.235. The summed E-state index contributed by atoms with van der Waals surface area (Å²) >= 11 is 0. The van der Waals surface area contributed by atoms with Crippen LogP contribution in [0.3, 0.4) is 0 Å². The lowest BCUT2D eigenvalue weighted by molar-refractivity contribution is -0.274. The molecule has 1 saturated carbocycles.